The highest BCUT2D eigenvalue weighted by Gasteiger charge is 2.57. The van der Waals surface area contributed by atoms with Crippen LogP contribution in [0.5, 0.6) is 0 Å². The minimum Gasteiger partial charge on any atom is -0.393 e. The SMILES string of the molecule is C[C@@H]1CCC2[C@H](C)C3CCC4C5=C(CC4[C@@H]3CN2C1)[C@@]1(C)CCC(O)CC1C(O)C5. The average Bonchev–Trinajstić information content (AvgIpc) is 3.09. The van der Waals surface area contributed by atoms with Crippen molar-refractivity contribution in [2.75, 3.05) is 13.1 Å². The zero-order valence-corrected chi connectivity index (χ0v) is 19.4. The van der Waals surface area contributed by atoms with Gasteiger partial charge in [0.15, 0.2) is 0 Å². The van der Waals surface area contributed by atoms with Gasteiger partial charge in [-0.3, -0.25) is 4.90 Å². The van der Waals surface area contributed by atoms with Crippen molar-refractivity contribution in [3.8, 4) is 0 Å². The molecule has 0 bridgehead atoms. The lowest BCUT2D eigenvalue weighted by atomic mass is 9.56. The van der Waals surface area contributed by atoms with Gasteiger partial charge in [-0.05, 0) is 105 Å². The summed E-state index contributed by atoms with van der Waals surface area (Å²) in [6.07, 6.45) is 10.2. The van der Waals surface area contributed by atoms with E-state index >= 15 is 0 Å². The third kappa shape index (κ3) is 2.80. The fourth-order valence-corrected chi connectivity index (χ4v) is 9.80. The highest BCUT2D eigenvalue weighted by atomic mass is 16.3. The van der Waals surface area contributed by atoms with E-state index in [0.29, 0.717) is 0 Å². The molecule has 2 saturated heterocycles. The van der Waals surface area contributed by atoms with Crippen molar-refractivity contribution in [1.29, 1.82) is 0 Å². The monoisotopic (exact) mass is 413 g/mol. The number of hydrogen-bond donors (Lipinski definition) is 2. The molecule has 2 aliphatic heterocycles. The molecule has 0 aromatic carbocycles. The maximum atomic E-state index is 11.1. The molecule has 4 aliphatic carbocycles. The van der Waals surface area contributed by atoms with Gasteiger partial charge in [0.25, 0.3) is 0 Å². The van der Waals surface area contributed by atoms with Crippen LogP contribution >= 0.6 is 0 Å². The Morgan fingerprint density at radius 3 is 2.57 bits per heavy atom. The number of aliphatic hydroxyl groups is 2. The van der Waals surface area contributed by atoms with Gasteiger partial charge in [0, 0.05) is 19.1 Å². The Morgan fingerprint density at radius 1 is 0.900 bits per heavy atom. The molecule has 11 atom stereocenters. The molecule has 168 valence electrons. The first-order chi connectivity index (χ1) is 14.4. The standard InChI is InChI=1S/C27H43NO2/c1-15-4-7-25-16(2)18-5-6-19-20(22(18)14-28(25)13-15)11-23-21(19)12-26(30)24-10-17(29)8-9-27(23,24)3/h15-20,22,24-26,29-30H,4-14H2,1-3H3/t15-,16-,17?,18?,19?,20?,22-,24?,25?,26?,27-/m1/s1. The number of allylic oxidation sites excluding steroid dienone is 1. The molecular weight excluding hydrogens is 370 g/mol. The van der Waals surface area contributed by atoms with E-state index in [4.69, 9.17) is 0 Å². The van der Waals surface area contributed by atoms with Crippen molar-refractivity contribution in [3.63, 3.8) is 0 Å². The van der Waals surface area contributed by atoms with Crippen molar-refractivity contribution in [3.05, 3.63) is 11.1 Å². The molecular formula is C27H43NO2. The number of fused-ring (bicyclic) bond motifs is 7. The van der Waals surface area contributed by atoms with Gasteiger partial charge in [-0.1, -0.05) is 31.9 Å². The Hall–Kier alpha value is -0.380. The molecule has 2 saturated carbocycles. The maximum absolute atomic E-state index is 11.1. The number of nitrogens with zero attached hydrogens (tertiary/aromatic N) is 1. The average molecular weight is 414 g/mol. The fourth-order valence-electron chi connectivity index (χ4n) is 9.80. The van der Waals surface area contributed by atoms with Crippen molar-refractivity contribution >= 4 is 0 Å². The molecule has 3 nitrogen and oxygen atoms in total. The van der Waals surface area contributed by atoms with E-state index in [1.165, 1.54) is 45.2 Å². The topological polar surface area (TPSA) is 43.7 Å². The Balaban J connectivity index is 1.30. The first kappa shape index (κ1) is 20.2. The molecule has 6 aliphatic rings. The molecule has 30 heavy (non-hydrogen) atoms. The first-order valence-electron chi connectivity index (χ1n) is 13.2. The van der Waals surface area contributed by atoms with E-state index in [-0.39, 0.29) is 23.5 Å². The highest BCUT2D eigenvalue weighted by molar-refractivity contribution is 5.36. The smallest absolute Gasteiger partial charge is 0.0614 e. The predicted molar refractivity (Wildman–Crippen MR) is 120 cm³/mol. The van der Waals surface area contributed by atoms with Crippen molar-refractivity contribution in [1.82, 2.24) is 4.90 Å². The number of rotatable bonds is 0. The highest BCUT2D eigenvalue weighted by Crippen LogP contribution is 2.64. The van der Waals surface area contributed by atoms with Crippen molar-refractivity contribution < 1.29 is 10.2 Å². The summed E-state index contributed by atoms with van der Waals surface area (Å²) in [5.74, 6) is 5.34. The van der Waals surface area contributed by atoms with Crippen molar-refractivity contribution in [2.45, 2.75) is 96.8 Å². The third-order valence-corrected chi connectivity index (χ3v) is 11.3. The Labute approximate surface area is 183 Å². The van der Waals surface area contributed by atoms with Crippen LogP contribution in [0.1, 0.15) is 78.6 Å². The summed E-state index contributed by atoms with van der Waals surface area (Å²) in [5, 5.41) is 21.4. The molecule has 4 fully saturated rings. The molecule has 2 heterocycles. The summed E-state index contributed by atoms with van der Waals surface area (Å²) in [6, 6.07) is 0.839. The number of hydrogen-bond acceptors (Lipinski definition) is 3. The van der Waals surface area contributed by atoms with Crippen LogP contribution in [0.15, 0.2) is 11.1 Å². The molecule has 2 N–H and O–H groups in total. The van der Waals surface area contributed by atoms with Crippen LogP contribution in [0.4, 0.5) is 0 Å². The van der Waals surface area contributed by atoms with Gasteiger partial charge < -0.3 is 10.2 Å². The van der Waals surface area contributed by atoms with Crippen LogP contribution < -0.4 is 0 Å². The summed E-state index contributed by atoms with van der Waals surface area (Å²) in [4.78, 5) is 2.90. The summed E-state index contributed by atoms with van der Waals surface area (Å²) in [5.41, 5.74) is 3.58. The Morgan fingerprint density at radius 2 is 1.73 bits per heavy atom. The van der Waals surface area contributed by atoms with E-state index in [0.717, 1.165) is 67.2 Å². The van der Waals surface area contributed by atoms with Gasteiger partial charge in [0.2, 0.25) is 0 Å². The zero-order chi connectivity index (χ0) is 20.8. The molecule has 7 unspecified atom stereocenters. The first-order valence-corrected chi connectivity index (χ1v) is 13.2. The van der Waals surface area contributed by atoms with Crippen LogP contribution in [0.2, 0.25) is 0 Å². The molecule has 0 spiro atoms. The molecule has 3 heteroatoms. The lowest BCUT2D eigenvalue weighted by Gasteiger charge is -2.56. The minimum atomic E-state index is -0.238. The molecule has 0 aromatic rings. The van der Waals surface area contributed by atoms with Gasteiger partial charge >= 0.3 is 0 Å². The largest absolute Gasteiger partial charge is 0.393 e. The fraction of sp³-hybridized carbons (Fsp3) is 0.926. The number of aliphatic hydroxyl groups excluding tert-OH is 2. The lowest BCUT2D eigenvalue weighted by Crippen LogP contribution is -2.58. The molecule has 0 aromatic heterocycles. The summed E-state index contributed by atoms with van der Waals surface area (Å²) in [7, 11) is 0. The number of piperidine rings is 2. The summed E-state index contributed by atoms with van der Waals surface area (Å²) < 4.78 is 0. The predicted octanol–water partition coefficient (Wildman–Crippen LogP) is 4.63. The van der Waals surface area contributed by atoms with Crippen LogP contribution in [0.25, 0.3) is 0 Å². The van der Waals surface area contributed by atoms with Crippen molar-refractivity contribution in [2.24, 2.45) is 46.8 Å². The zero-order valence-electron chi connectivity index (χ0n) is 19.4. The van der Waals surface area contributed by atoms with Gasteiger partial charge in [-0.15, -0.1) is 0 Å². The van der Waals surface area contributed by atoms with Crippen LogP contribution in [0.3, 0.4) is 0 Å². The second-order valence-electron chi connectivity index (χ2n) is 12.7. The van der Waals surface area contributed by atoms with Gasteiger partial charge in [-0.2, -0.15) is 0 Å². The Bertz CT molecular complexity index is 730. The maximum Gasteiger partial charge on any atom is 0.0614 e. The van der Waals surface area contributed by atoms with Crippen LogP contribution in [0, 0.1) is 46.8 Å². The van der Waals surface area contributed by atoms with Gasteiger partial charge in [-0.25, -0.2) is 0 Å². The molecule has 0 amide bonds. The third-order valence-electron chi connectivity index (χ3n) is 11.3. The van der Waals surface area contributed by atoms with Crippen LogP contribution in [-0.2, 0) is 0 Å². The van der Waals surface area contributed by atoms with Gasteiger partial charge in [0.1, 0.15) is 0 Å². The second kappa shape index (κ2) is 7.06. The normalized spacial score (nSPS) is 55.9. The Kier molecular flexibility index (Phi) is 4.76. The second-order valence-corrected chi connectivity index (χ2v) is 12.7. The summed E-state index contributed by atoms with van der Waals surface area (Å²) in [6.45, 7) is 10.1. The van der Waals surface area contributed by atoms with E-state index in [1.807, 2.05) is 0 Å². The van der Waals surface area contributed by atoms with E-state index in [9.17, 15) is 10.2 Å². The van der Waals surface area contributed by atoms with Gasteiger partial charge in [0.05, 0.1) is 12.2 Å². The van der Waals surface area contributed by atoms with Crippen LogP contribution in [-0.4, -0.2) is 46.5 Å². The van der Waals surface area contributed by atoms with E-state index in [1.54, 1.807) is 11.1 Å². The van der Waals surface area contributed by atoms with E-state index in [2.05, 4.69) is 25.7 Å². The minimum absolute atomic E-state index is 0.140. The summed E-state index contributed by atoms with van der Waals surface area (Å²) >= 11 is 0. The molecule has 6 rings (SSSR count). The quantitative estimate of drug-likeness (QED) is 0.569. The van der Waals surface area contributed by atoms with E-state index < -0.39 is 0 Å². The lowest BCUT2D eigenvalue weighted by molar-refractivity contribution is -0.0670. The molecule has 0 radical (unpaired) electrons.